The first-order valence-corrected chi connectivity index (χ1v) is 9.67. The van der Waals surface area contributed by atoms with Crippen molar-refractivity contribution in [1.29, 1.82) is 0 Å². The van der Waals surface area contributed by atoms with Gasteiger partial charge in [-0.3, -0.25) is 0 Å². The van der Waals surface area contributed by atoms with E-state index < -0.39 is 0 Å². The highest BCUT2D eigenvalue weighted by molar-refractivity contribution is 7.19. The zero-order chi connectivity index (χ0) is 19.0. The molecule has 0 aliphatic carbocycles. The molecule has 2 aromatic heterocycles. The third-order valence-electron chi connectivity index (χ3n) is 4.92. The molecule has 3 heterocycles. The van der Waals surface area contributed by atoms with Crippen LogP contribution < -0.4 is 14.2 Å². The minimum Gasteiger partial charge on any atom is -0.493 e. The second-order valence-electron chi connectivity index (χ2n) is 6.68. The summed E-state index contributed by atoms with van der Waals surface area (Å²) in [5.41, 5.74) is 0.895. The van der Waals surface area contributed by atoms with Crippen molar-refractivity contribution in [2.75, 3.05) is 41.5 Å². The fourth-order valence-corrected chi connectivity index (χ4v) is 4.42. The number of hydrogen-bond acceptors (Lipinski definition) is 8. The summed E-state index contributed by atoms with van der Waals surface area (Å²) in [6.07, 6.45) is 2.28. The molecule has 27 heavy (non-hydrogen) atoms. The SMILES string of the molecule is COc1cc(-c2nn3c(C4CCCN(C)C4)nnc3s2)cc(OC)c1OC. The average Bonchev–Trinajstić information content (AvgIpc) is 3.27. The van der Waals surface area contributed by atoms with Crippen molar-refractivity contribution in [3.8, 4) is 27.8 Å². The van der Waals surface area contributed by atoms with E-state index in [1.54, 1.807) is 21.3 Å². The van der Waals surface area contributed by atoms with Crippen molar-refractivity contribution in [3.63, 3.8) is 0 Å². The van der Waals surface area contributed by atoms with E-state index in [0.717, 1.165) is 40.9 Å². The molecule has 0 spiro atoms. The lowest BCUT2D eigenvalue weighted by Crippen LogP contribution is -2.31. The smallest absolute Gasteiger partial charge is 0.234 e. The molecule has 144 valence electrons. The maximum Gasteiger partial charge on any atom is 0.234 e. The zero-order valence-electron chi connectivity index (χ0n) is 15.9. The van der Waals surface area contributed by atoms with Gasteiger partial charge in [0, 0.05) is 18.0 Å². The Kier molecular flexibility index (Phi) is 4.88. The summed E-state index contributed by atoms with van der Waals surface area (Å²) in [4.78, 5) is 3.13. The summed E-state index contributed by atoms with van der Waals surface area (Å²) in [7, 11) is 6.96. The lowest BCUT2D eigenvalue weighted by molar-refractivity contribution is 0.244. The van der Waals surface area contributed by atoms with Gasteiger partial charge in [-0.25, -0.2) is 0 Å². The number of nitrogens with zero attached hydrogens (tertiary/aromatic N) is 5. The molecule has 1 atom stereocenters. The van der Waals surface area contributed by atoms with E-state index in [1.807, 2.05) is 16.6 Å². The molecule has 3 aromatic rings. The third kappa shape index (κ3) is 3.21. The fourth-order valence-electron chi connectivity index (χ4n) is 3.59. The topological polar surface area (TPSA) is 74.0 Å². The minimum absolute atomic E-state index is 0.355. The van der Waals surface area contributed by atoms with Gasteiger partial charge in [-0.15, -0.1) is 10.2 Å². The number of likely N-dealkylation sites (tertiary alicyclic amines) is 1. The normalized spacial score (nSPS) is 18.0. The van der Waals surface area contributed by atoms with Gasteiger partial charge in [0.05, 0.1) is 21.3 Å². The number of rotatable bonds is 5. The van der Waals surface area contributed by atoms with E-state index in [9.17, 15) is 0 Å². The molecule has 9 heteroatoms. The van der Waals surface area contributed by atoms with E-state index in [1.165, 1.54) is 17.8 Å². The number of aromatic nitrogens is 4. The molecule has 4 rings (SSSR count). The molecule has 1 fully saturated rings. The third-order valence-corrected chi connectivity index (χ3v) is 5.86. The van der Waals surface area contributed by atoms with Crippen LogP contribution in [0, 0.1) is 0 Å². The molecule has 1 aliphatic heterocycles. The van der Waals surface area contributed by atoms with Crippen LogP contribution in [0.25, 0.3) is 15.5 Å². The monoisotopic (exact) mass is 389 g/mol. The van der Waals surface area contributed by atoms with Gasteiger partial charge in [-0.2, -0.15) is 9.61 Å². The first-order chi connectivity index (χ1) is 13.1. The van der Waals surface area contributed by atoms with Gasteiger partial charge in [0.15, 0.2) is 17.3 Å². The maximum absolute atomic E-state index is 5.46. The van der Waals surface area contributed by atoms with E-state index in [4.69, 9.17) is 19.3 Å². The lowest BCUT2D eigenvalue weighted by Gasteiger charge is -2.28. The molecular formula is C18H23N5O3S. The summed E-state index contributed by atoms with van der Waals surface area (Å²) in [6, 6.07) is 3.81. The van der Waals surface area contributed by atoms with Crippen LogP contribution in [0.4, 0.5) is 0 Å². The van der Waals surface area contributed by atoms with Gasteiger partial charge in [0.2, 0.25) is 10.7 Å². The van der Waals surface area contributed by atoms with Crippen molar-refractivity contribution in [1.82, 2.24) is 24.7 Å². The molecule has 1 unspecified atom stereocenters. The second-order valence-corrected chi connectivity index (χ2v) is 7.63. The van der Waals surface area contributed by atoms with Gasteiger partial charge in [-0.05, 0) is 38.6 Å². The van der Waals surface area contributed by atoms with Gasteiger partial charge < -0.3 is 19.1 Å². The molecule has 0 N–H and O–H groups in total. The van der Waals surface area contributed by atoms with Crippen molar-refractivity contribution >= 4 is 16.3 Å². The number of likely N-dealkylation sites (N-methyl/N-ethyl adjacent to an activating group) is 1. The second kappa shape index (κ2) is 7.32. The van der Waals surface area contributed by atoms with Crippen molar-refractivity contribution in [2.24, 2.45) is 0 Å². The van der Waals surface area contributed by atoms with E-state index >= 15 is 0 Å². The van der Waals surface area contributed by atoms with Gasteiger partial charge in [0.1, 0.15) is 5.01 Å². The quantitative estimate of drug-likeness (QED) is 0.664. The molecule has 1 aromatic carbocycles. The van der Waals surface area contributed by atoms with Crippen LogP contribution in [-0.2, 0) is 0 Å². The largest absolute Gasteiger partial charge is 0.493 e. The maximum atomic E-state index is 5.46. The summed E-state index contributed by atoms with van der Waals surface area (Å²) >= 11 is 1.50. The highest BCUT2D eigenvalue weighted by atomic mass is 32.1. The van der Waals surface area contributed by atoms with Crippen molar-refractivity contribution < 1.29 is 14.2 Å². The van der Waals surface area contributed by atoms with Gasteiger partial charge in [-0.1, -0.05) is 11.3 Å². The number of fused-ring (bicyclic) bond motifs is 1. The van der Waals surface area contributed by atoms with Gasteiger partial charge in [0.25, 0.3) is 0 Å². The minimum atomic E-state index is 0.355. The number of ether oxygens (including phenoxy) is 3. The Morgan fingerprint density at radius 1 is 1.07 bits per heavy atom. The summed E-state index contributed by atoms with van der Waals surface area (Å²) in [5, 5.41) is 14.4. The van der Waals surface area contributed by atoms with Crippen molar-refractivity contribution in [2.45, 2.75) is 18.8 Å². The summed E-state index contributed by atoms with van der Waals surface area (Å²) < 4.78 is 18.2. The Morgan fingerprint density at radius 2 is 1.81 bits per heavy atom. The van der Waals surface area contributed by atoms with Crippen LogP contribution in [0.2, 0.25) is 0 Å². The highest BCUT2D eigenvalue weighted by Gasteiger charge is 2.25. The lowest BCUT2D eigenvalue weighted by atomic mass is 9.98. The van der Waals surface area contributed by atoms with Crippen LogP contribution in [0.3, 0.4) is 0 Å². The number of hydrogen-bond donors (Lipinski definition) is 0. The predicted molar refractivity (Wildman–Crippen MR) is 103 cm³/mol. The first-order valence-electron chi connectivity index (χ1n) is 8.85. The Balaban J connectivity index is 1.75. The van der Waals surface area contributed by atoms with Crippen molar-refractivity contribution in [3.05, 3.63) is 18.0 Å². The number of methoxy groups -OCH3 is 3. The molecular weight excluding hydrogens is 366 g/mol. The molecule has 0 amide bonds. The van der Waals surface area contributed by atoms with Crippen LogP contribution in [0.5, 0.6) is 17.2 Å². The van der Waals surface area contributed by atoms with Crippen LogP contribution >= 0.6 is 11.3 Å². The van der Waals surface area contributed by atoms with E-state index in [-0.39, 0.29) is 0 Å². The molecule has 1 aliphatic rings. The van der Waals surface area contributed by atoms with E-state index in [2.05, 4.69) is 22.1 Å². The number of benzene rings is 1. The molecule has 1 saturated heterocycles. The average molecular weight is 389 g/mol. The molecule has 0 radical (unpaired) electrons. The zero-order valence-corrected chi connectivity index (χ0v) is 16.7. The van der Waals surface area contributed by atoms with Gasteiger partial charge >= 0.3 is 0 Å². The Bertz CT molecular complexity index is 929. The molecule has 8 nitrogen and oxygen atoms in total. The fraction of sp³-hybridized carbons (Fsp3) is 0.500. The predicted octanol–water partition coefficient (Wildman–Crippen LogP) is 2.69. The van der Waals surface area contributed by atoms with Crippen LogP contribution in [0.1, 0.15) is 24.6 Å². The molecule has 0 saturated carbocycles. The first kappa shape index (κ1) is 18.0. The Morgan fingerprint density at radius 3 is 2.44 bits per heavy atom. The summed E-state index contributed by atoms with van der Waals surface area (Å²) in [6.45, 7) is 2.12. The number of piperidine rings is 1. The van der Waals surface area contributed by atoms with Crippen LogP contribution in [0.15, 0.2) is 12.1 Å². The summed E-state index contributed by atoms with van der Waals surface area (Å²) in [5.74, 6) is 3.07. The Labute approximate surface area is 161 Å². The Hall–Kier alpha value is -2.39. The molecule has 0 bridgehead atoms. The highest BCUT2D eigenvalue weighted by Crippen LogP contribution is 2.42. The van der Waals surface area contributed by atoms with E-state index in [0.29, 0.717) is 23.2 Å². The van der Waals surface area contributed by atoms with Crippen LogP contribution in [-0.4, -0.2) is 66.2 Å². The standard InChI is InChI=1S/C18H23N5O3S/c1-22-7-5-6-11(10-22)16-19-20-18-23(16)21-17(27-18)12-8-13(24-2)15(26-4)14(9-12)25-3/h8-9,11H,5-7,10H2,1-4H3.